The van der Waals surface area contributed by atoms with Crippen LogP contribution in [0, 0.1) is 0 Å². The monoisotopic (exact) mass is 431 g/mol. The van der Waals surface area contributed by atoms with Gasteiger partial charge in [-0.2, -0.15) is 28.1 Å². The van der Waals surface area contributed by atoms with E-state index in [2.05, 4.69) is 15.5 Å². The van der Waals surface area contributed by atoms with Crippen molar-refractivity contribution in [1.29, 1.82) is 0 Å². The van der Waals surface area contributed by atoms with Crippen molar-refractivity contribution >= 4 is 5.91 Å². The Balaban J connectivity index is 1.79. The van der Waals surface area contributed by atoms with Gasteiger partial charge >= 0.3 is 6.18 Å². The van der Waals surface area contributed by atoms with Gasteiger partial charge in [-0.05, 0) is 31.0 Å². The molecule has 10 heteroatoms. The van der Waals surface area contributed by atoms with Gasteiger partial charge < -0.3 is 5.32 Å². The summed E-state index contributed by atoms with van der Waals surface area (Å²) in [4.78, 5) is 25.9. The van der Waals surface area contributed by atoms with Crippen LogP contribution < -0.4 is 10.9 Å². The summed E-state index contributed by atoms with van der Waals surface area (Å²) in [5.74, 6) is -0.523. The van der Waals surface area contributed by atoms with E-state index in [0.717, 1.165) is 42.5 Å². The molecule has 1 aliphatic rings. The lowest BCUT2D eigenvalue weighted by Crippen LogP contribution is -2.38. The molecule has 31 heavy (non-hydrogen) atoms. The second kappa shape index (κ2) is 8.01. The van der Waals surface area contributed by atoms with Gasteiger partial charge in [0, 0.05) is 18.7 Å². The number of nitrogens with zero attached hydrogens (tertiary/aromatic N) is 4. The molecule has 0 aliphatic heterocycles. The SMILES string of the molecule is Cn1cc(-n2nc(-c3ccc(C(F)(F)F)cc3)cc(C(=O)NC3CCCC3)c2=O)cn1. The molecular weight excluding hydrogens is 411 g/mol. The Morgan fingerprint density at radius 3 is 2.42 bits per heavy atom. The summed E-state index contributed by atoms with van der Waals surface area (Å²) < 4.78 is 41.2. The van der Waals surface area contributed by atoms with E-state index in [4.69, 9.17) is 0 Å². The predicted molar refractivity (Wildman–Crippen MR) is 107 cm³/mol. The number of amides is 1. The molecule has 2 heterocycles. The fraction of sp³-hybridized carbons (Fsp3) is 0.333. The average molecular weight is 431 g/mol. The van der Waals surface area contributed by atoms with Gasteiger partial charge in [0.15, 0.2) is 0 Å². The first kappa shape index (κ1) is 20.8. The van der Waals surface area contributed by atoms with Crippen molar-refractivity contribution in [3.63, 3.8) is 0 Å². The lowest BCUT2D eigenvalue weighted by atomic mass is 10.1. The smallest absolute Gasteiger partial charge is 0.349 e. The Morgan fingerprint density at radius 1 is 1.16 bits per heavy atom. The summed E-state index contributed by atoms with van der Waals surface area (Å²) in [6.45, 7) is 0. The Hall–Kier alpha value is -3.43. The topological polar surface area (TPSA) is 81.8 Å². The Kier molecular flexibility index (Phi) is 5.38. The third-order valence-corrected chi connectivity index (χ3v) is 5.29. The predicted octanol–water partition coefficient (Wildman–Crippen LogP) is 3.32. The van der Waals surface area contributed by atoms with Gasteiger partial charge in [0.2, 0.25) is 0 Å². The van der Waals surface area contributed by atoms with Crippen molar-refractivity contribution in [2.75, 3.05) is 0 Å². The van der Waals surface area contributed by atoms with Crippen LogP contribution >= 0.6 is 0 Å². The highest BCUT2D eigenvalue weighted by Gasteiger charge is 2.30. The molecule has 3 aromatic rings. The van der Waals surface area contributed by atoms with Gasteiger partial charge in [-0.3, -0.25) is 14.3 Å². The highest BCUT2D eigenvalue weighted by Crippen LogP contribution is 2.30. The zero-order valence-electron chi connectivity index (χ0n) is 16.7. The van der Waals surface area contributed by atoms with Gasteiger partial charge in [0.1, 0.15) is 11.3 Å². The van der Waals surface area contributed by atoms with Crippen LogP contribution in [0.2, 0.25) is 0 Å². The lowest BCUT2D eigenvalue weighted by Gasteiger charge is -2.14. The summed E-state index contributed by atoms with van der Waals surface area (Å²) in [5.41, 5.74) is -0.652. The fourth-order valence-corrected chi connectivity index (χ4v) is 3.65. The van der Waals surface area contributed by atoms with Crippen molar-refractivity contribution in [2.45, 2.75) is 37.9 Å². The molecule has 1 fully saturated rings. The Labute approximate surface area is 175 Å². The second-order valence-electron chi connectivity index (χ2n) is 7.56. The van der Waals surface area contributed by atoms with E-state index in [1.54, 1.807) is 13.2 Å². The van der Waals surface area contributed by atoms with Crippen molar-refractivity contribution < 1.29 is 18.0 Å². The van der Waals surface area contributed by atoms with Crippen LogP contribution in [0.25, 0.3) is 16.9 Å². The van der Waals surface area contributed by atoms with Crippen LogP contribution in [0.5, 0.6) is 0 Å². The number of alkyl halides is 3. The molecule has 162 valence electrons. The minimum absolute atomic E-state index is 0.00132. The molecule has 0 unspecified atom stereocenters. The number of hydrogen-bond donors (Lipinski definition) is 1. The van der Waals surface area contributed by atoms with Crippen LogP contribution in [0.4, 0.5) is 13.2 Å². The molecule has 1 saturated carbocycles. The van der Waals surface area contributed by atoms with Crippen LogP contribution in [-0.2, 0) is 13.2 Å². The molecule has 0 atom stereocenters. The number of aromatic nitrogens is 4. The highest BCUT2D eigenvalue weighted by atomic mass is 19.4. The van der Waals surface area contributed by atoms with Crippen LogP contribution in [0.1, 0.15) is 41.6 Å². The van der Waals surface area contributed by atoms with Crippen LogP contribution in [-0.4, -0.2) is 31.5 Å². The third-order valence-electron chi connectivity index (χ3n) is 5.29. The van der Waals surface area contributed by atoms with E-state index in [0.29, 0.717) is 11.3 Å². The molecule has 0 spiro atoms. The standard InChI is InChI=1S/C21H20F3N5O2/c1-28-12-16(11-25-28)29-20(31)17(19(30)26-15-4-2-3-5-15)10-18(27-29)13-6-8-14(9-7-13)21(22,23)24/h6-12,15H,2-5H2,1H3,(H,26,30). The molecular formula is C21H20F3N5O2. The van der Waals surface area contributed by atoms with Gasteiger partial charge in [0.25, 0.3) is 11.5 Å². The van der Waals surface area contributed by atoms with Gasteiger partial charge in [0.05, 0.1) is 23.7 Å². The van der Waals surface area contributed by atoms with Gasteiger partial charge in [-0.15, -0.1) is 0 Å². The van der Waals surface area contributed by atoms with Gasteiger partial charge in [-0.1, -0.05) is 25.0 Å². The number of aryl methyl sites for hydroxylation is 1. The minimum Gasteiger partial charge on any atom is -0.349 e. The van der Waals surface area contributed by atoms with E-state index in [-0.39, 0.29) is 17.3 Å². The van der Waals surface area contributed by atoms with E-state index in [1.807, 2.05) is 0 Å². The molecule has 1 aromatic carbocycles. The van der Waals surface area contributed by atoms with E-state index in [1.165, 1.54) is 29.1 Å². The largest absolute Gasteiger partial charge is 0.416 e. The molecule has 7 nitrogen and oxygen atoms in total. The normalized spacial score (nSPS) is 14.7. The summed E-state index contributed by atoms with van der Waals surface area (Å²) in [6, 6.07) is 5.73. The molecule has 0 radical (unpaired) electrons. The molecule has 4 rings (SSSR count). The Morgan fingerprint density at radius 2 is 1.84 bits per heavy atom. The van der Waals surface area contributed by atoms with Crippen molar-refractivity contribution in [3.8, 4) is 16.9 Å². The van der Waals surface area contributed by atoms with E-state index >= 15 is 0 Å². The summed E-state index contributed by atoms with van der Waals surface area (Å²) in [7, 11) is 1.67. The zero-order valence-corrected chi connectivity index (χ0v) is 16.7. The maximum absolute atomic E-state index is 13.0. The molecule has 1 amide bonds. The molecule has 1 N–H and O–H groups in total. The number of carbonyl (C=O) groups excluding carboxylic acids is 1. The summed E-state index contributed by atoms with van der Waals surface area (Å²) in [5, 5.41) is 11.2. The van der Waals surface area contributed by atoms with Crippen molar-refractivity contribution in [3.05, 3.63) is 64.2 Å². The molecule has 0 bridgehead atoms. The zero-order chi connectivity index (χ0) is 22.2. The second-order valence-corrected chi connectivity index (χ2v) is 7.56. The first-order chi connectivity index (χ1) is 14.7. The number of halogens is 3. The number of benzene rings is 1. The number of carbonyl (C=O) groups is 1. The maximum Gasteiger partial charge on any atom is 0.416 e. The van der Waals surface area contributed by atoms with Gasteiger partial charge in [-0.25, -0.2) is 0 Å². The quantitative estimate of drug-likeness (QED) is 0.687. The molecule has 2 aromatic heterocycles. The maximum atomic E-state index is 13.0. The lowest BCUT2D eigenvalue weighted by molar-refractivity contribution is -0.137. The average Bonchev–Trinajstić information content (AvgIpc) is 3.39. The summed E-state index contributed by atoms with van der Waals surface area (Å²) in [6.07, 6.45) is 2.23. The summed E-state index contributed by atoms with van der Waals surface area (Å²) >= 11 is 0. The van der Waals surface area contributed by atoms with Crippen LogP contribution in [0.15, 0.2) is 47.5 Å². The van der Waals surface area contributed by atoms with Crippen molar-refractivity contribution in [1.82, 2.24) is 24.9 Å². The fourth-order valence-electron chi connectivity index (χ4n) is 3.65. The number of hydrogen-bond acceptors (Lipinski definition) is 4. The first-order valence-corrected chi connectivity index (χ1v) is 9.84. The Bertz CT molecular complexity index is 1160. The number of nitrogens with one attached hydrogen (secondary N) is 1. The number of rotatable bonds is 4. The van der Waals surface area contributed by atoms with Crippen LogP contribution in [0.3, 0.4) is 0 Å². The molecule has 1 aliphatic carbocycles. The van der Waals surface area contributed by atoms with E-state index < -0.39 is 23.2 Å². The highest BCUT2D eigenvalue weighted by molar-refractivity contribution is 5.95. The molecule has 0 saturated heterocycles. The third kappa shape index (κ3) is 4.37. The van der Waals surface area contributed by atoms with Crippen molar-refractivity contribution in [2.24, 2.45) is 7.05 Å². The minimum atomic E-state index is -4.47. The first-order valence-electron chi connectivity index (χ1n) is 9.84. The van der Waals surface area contributed by atoms with E-state index in [9.17, 15) is 22.8 Å².